The van der Waals surface area contributed by atoms with Gasteiger partial charge in [0.1, 0.15) is 5.75 Å². The summed E-state index contributed by atoms with van der Waals surface area (Å²) in [4.78, 5) is 10.2. The second kappa shape index (κ2) is 11.1. The van der Waals surface area contributed by atoms with Gasteiger partial charge in [-0.25, -0.2) is 0 Å². The van der Waals surface area contributed by atoms with Crippen molar-refractivity contribution in [3.8, 4) is 5.75 Å². The van der Waals surface area contributed by atoms with E-state index in [9.17, 15) is 10.1 Å². The normalized spacial score (nSPS) is 10.1. The minimum absolute atomic E-state index is 0. The van der Waals surface area contributed by atoms with E-state index in [1.807, 2.05) is 13.0 Å². The van der Waals surface area contributed by atoms with Crippen molar-refractivity contribution in [1.82, 2.24) is 5.32 Å². The van der Waals surface area contributed by atoms with Crippen molar-refractivity contribution >= 4 is 47.0 Å². The van der Waals surface area contributed by atoms with Gasteiger partial charge in [-0.15, -0.1) is 12.4 Å². The first-order chi connectivity index (χ1) is 12.0. The van der Waals surface area contributed by atoms with Crippen LogP contribution in [0.4, 0.5) is 11.4 Å². The molecule has 0 atom stereocenters. The third kappa shape index (κ3) is 6.53. The molecule has 0 amide bonds. The first-order valence-corrected chi connectivity index (χ1v) is 8.56. The largest absolute Gasteiger partial charge is 0.492 e. The molecule has 0 radical (unpaired) electrons. The molecule has 0 fully saturated rings. The zero-order valence-electron chi connectivity index (χ0n) is 14.1. The molecule has 0 saturated carbocycles. The molecule has 0 unspecified atom stereocenters. The van der Waals surface area contributed by atoms with Crippen LogP contribution in [0, 0.1) is 10.1 Å². The summed E-state index contributed by atoms with van der Waals surface area (Å²) < 4.78 is 5.58. The molecule has 142 valence electrons. The summed E-state index contributed by atoms with van der Waals surface area (Å²) in [7, 11) is 0. The zero-order valence-corrected chi connectivity index (χ0v) is 16.5. The molecular weight excluding hydrogens is 401 g/mol. The molecule has 2 N–H and O–H groups in total. The maximum Gasteiger partial charge on any atom is 0.269 e. The van der Waals surface area contributed by atoms with Crippen LogP contribution in [-0.2, 0) is 6.54 Å². The molecule has 26 heavy (non-hydrogen) atoms. The van der Waals surface area contributed by atoms with E-state index in [0.29, 0.717) is 42.0 Å². The van der Waals surface area contributed by atoms with Crippen molar-refractivity contribution in [2.45, 2.75) is 13.5 Å². The Morgan fingerprint density at radius 2 is 1.85 bits per heavy atom. The first kappa shape index (κ1) is 22.3. The van der Waals surface area contributed by atoms with E-state index in [2.05, 4.69) is 10.6 Å². The van der Waals surface area contributed by atoms with E-state index in [-0.39, 0.29) is 18.1 Å². The van der Waals surface area contributed by atoms with Gasteiger partial charge in [0, 0.05) is 48.0 Å². The molecule has 2 rings (SSSR count). The van der Waals surface area contributed by atoms with Gasteiger partial charge in [0.15, 0.2) is 0 Å². The highest BCUT2D eigenvalue weighted by atomic mass is 35.5. The average Bonchev–Trinajstić information content (AvgIpc) is 2.58. The molecule has 0 aliphatic carbocycles. The number of ether oxygens (including phenoxy) is 1. The van der Waals surface area contributed by atoms with Crippen molar-refractivity contribution < 1.29 is 9.66 Å². The van der Waals surface area contributed by atoms with Gasteiger partial charge in [-0.1, -0.05) is 23.2 Å². The Morgan fingerprint density at radius 3 is 2.46 bits per heavy atom. The first-order valence-electron chi connectivity index (χ1n) is 7.81. The third-order valence-electron chi connectivity index (χ3n) is 3.40. The van der Waals surface area contributed by atoms with Crippen LogP contribution in [0.3, 0.4) is 0 Å². The summed E-state index contributed by atoms with van der Waals surface area (Å²) in [6, 6.07) is 9.79. The Morgan fingerprint density at radius 1 is 1.15 bits per heavy atom. The molecule has 9 heteroatoms. The monoisotopic (exact) mass is 419 g/mol. The number of nitrogens with one attached hydrogen (secondary N) is 2. The lowest BCUT2D eigenvalue weighted by Gasteiger charge is -2.14. The minimum Gasteiger partial charge on any atom is -0.492 e. The van der Waals surface area contributed by atoms with Crippen LogP contribution in [0.5, 0.6) is 5.75 Å². The number of rotatable bonds is 9. The van der Waals surface area contributed by atoms with Gasteiger partial charge < -0.3 is 15.4 Å². The molecule has 0 saturated heterocycles. The predicted molar refractivity (Wildman–Crippen MR) is 108 cm³/mol. The molecule has 0 aliphatic heterocycles. The van der Waals surface area contributed by atoms with E-state index in [1.54, 1.807) is 18.2 Å². The molecule has 0 aromatic heterocycles. The van der Waals surface area contributed by atoms with Crippen molar-refractivity contribution in [1.29, 1.82) is 0 Å². The van der Waals surface area contributed by atoms with Crippen LogP contribution in [0.2, 0.25) is 10.0 Å². The van der Waals surface area contributed by atoms with Gasteiger partial charge in [0.25, 0.3) is 5.69 Å². The Bertz CT molecular complexity index is 727. The maximum atomic E-state index is 10.6. The lowest BCUT2D eigenvalue weighted by molar-refractivity contribution is -0.384. The molecule has 6 nitrogen and oxygen atoms in total. The third-order valence-corrected chi connectivity index (χ3v) is 3.90. The lowest BCUT2D eigenvalue weighted by Crippen LogP contribution is -2.22. The number of non-ortho nitro benzene ring substituents is 1. The van der Waals surface area contributed by atoms with Crippen LogP contribution >= 0.6 is 35.6 Å². The number of halogens is 3. The predicted octanol–water partition coefficient (Wildman–Crippen LogP) is 4.92. The Hall–Kier alpha value is -1.73. The number of hydrogen-bond acceptors (Lipinski definition) is 5. The summed E-state index contributed by atoms with van der Waals surface area (Å²) >= 11 is 12.2. The van der Waals surface area contributed by atoms with Crippen LogP contribution in [0.25, 0.3) is 0 Å². The number of nitro groups is 1. The van der Waals surface area contributed by atoms with Crippen molar-refractivity contribution in [2.75, 3.05) is 25.0 Å². The number of nitro benzene ring substituents is 1. The summed E-state index contributed by atoms with van der Waals surface area (Å²) in [5.41, 5.74) is 1.80. The van der Waals surface area contributed by atoms with Gasteiger partial charge in [-0.3, -0.25) is 10.1 Å². The zero-order chi connectivity index (χ0) is 18.2. The molecular formula is C17H20Cl3N3O3. The second-order valence-electron chi connectivity index (χ2n) is 5.22. The quantitative estimate of drug-likeness (QED) is 0.342. The fraction of sp³-hybridized carbons (Fsp3) is 0.294. The summed E-state index contributed by atoms with van der Waals surface area (Å²) in [5, 5.41) is 18.2. The number of benzene rings is 2. The fourth-order valence-electron chi connectivity index (χ4n) is 2.27. The lowest BCUT2D eigenvalue weighted by atomic mass is 10.2. The maximum absolute atomic E-state index is 10.6. The van der Waals surface area contributed by atoms with Crippen LogP contribution < -0.4 is 15.4 Å². The molecule has 2 aromatic carbocycles. The highest BCUT2D eigenvalue weighted by molar-refractivity contribution is 6.35. The van der Waals surface area contributed by atoms with Gasteiger partial charge in [0.05, 0.1) is 16.6 Å². The molecule has 2 aromatic rings. The molecule has 0 aliphatic rings. The van der Waals surface area contributed by atoms with Crippen LogP contribution in [-0.4, -0.2) is 24.6 Å². The van der Waals surface area contributed by atoms with E-state index < -0.39 is 4.92 Å². The molecule has 0 spiro atoms. The summed E-state index contributed by atoms with van der Waals surface area (Å²) in [6.07, 6.45) is 0. The minimum atomic E-state index is -0.419. The average molecular weight is 421 g/mol. The number of hydrogen-bond donors (Lipinski definition) is 2. The van der Waals surface area contributed by atoms with Gasteiger partial charge in [-0.05, 0) is 31.2 Å². The van der Waals surface area contributed by atoms with Crippen LogP contribution in [0.1, 0.15) is 12.5 Å². The van der Waals surface area contributed by atoms with Crippen molar-refractivity contribution in [3.05, 3.63) is 62.1 Å². The van der Waals surface area contributed by atoms with Gasteiger partial charge >= 0.3 is 0 Å². The van der Waals surface area contributed by atoms with Crippen LogP contribution in [0.15, 0.2) is 36.4 Å². The second-order valence-corrected chi connectivity index (χ2v) is 6.06. The Balaban J connectivity index is 0.00000338. The number of anilines is 1. The Kier molecular flexibility index (Phi) is 9.51. The van der Waals surface area contributed by atoms with Crippen molar-refractivity contribution in [3.63, 3.8) is 0 Å². The fourth-order valence-corrected chi connectivity index (χ4v) is 2.86. The molecule has 0 bridgehead atoms. The standard InChI is InChI=1S/C17H19Cl2N3O3.ClH/c1-2-25-17-12(9-13(18)10-16(17)19)11-20-7-8-21-14-3-5-15(6-4-14)22(23)24;/h3-6,9-10,20-21H,2,7-8,11H2,1H3;1H. The van der Waals surface area contributed by atoms with Crippen molar-refractivity contribution in [2.24, 2.45) is 0 Å². The summed E-state index contributed by atoms with van der Waals surface area (Å²) in [5.74, 6) is 0.643. The van der Waals surface area contributed by atoms with E-state index in [0.717, 1.165) is 11.3 Å². The van der Waals surface area contributed by atoms with E-state index in [1.165, 1.54) is 12.1 Å². The van der Waals surface area contributed by atoms with Gasteiger partial charge in [-0.2, -0.15) is 0 Å². The highest BCUT2D eigenvalue weighted by Gasteiger charge is 2.10. The van der Waals surface area contributed by atoms with Gasteiger partial charge in [0.2, 0.25) is 0 Å². The molecule has 0 heterocycles. The SMILES string of the molecule is CCOc1c(Cl)cc(Cl)cc1CNCCNc1ccc([N+](=O)[O-])cc1.Cl. The van der Waals surface area contributed by atoms with E-state index in [4.69, 9.17) is 27.9 Å². The summed E-state index contributed by atoms with van der Waals surface area (Å²) in [6.45, 7) is 4.34. The topological polar surface area (TPSA) is 76.4 Å². The number of nitrogens with zero attached hydrogens (tertiary/aromatic N) is 1. The smallest absolute Gasteiger partial charge is 0.269 e. The Labute approximate surface area is 168 Å². The van der Waals surface area contributed by atoms with E-state index >= 15 is 0 Å². The highest BCUT2D eigenvalue weighted by Crippen LogP contribution is 2.32.